The van der Waals surface area contributed by atoms with Crippen molar-refractivity contribution in [2.75, 3.05) is 25.5 Å². The third-order valence-corrected chi connectivity index (χ3v) is 7.22. The molecule has 0 spiro atoms. The quantitative estimate of drug-likeness (QED) is 0.373. The number of ether oxygens (including phenoxy) is 3. The van der Waals surface area contributed by atoms with Gasteiger partial charge in [0.25, 0.3) is 5.91 Å². The molecule has 0 aliphatic carbocycles. The summed E-state index contributed by atoms with van der Waals surface area (Å²) in [6, 6.07) is 9.85. The van der Waals surface area contributed by atoms with Crippen molar-refractivity contribution >= 4 is 33.7 Å². The number of nitrogens with zero attached hydrogens (tertiary/aromatic N) is 1. The highest BCUT2D eigenvalue weighted by atomic mass is 32.2. The summed E-state index contributed by atoms with van der Waals surface area (Å²) in [7, 11) is -2.27. The number of nitrogens with one attached hydrogen (secondary N) is 1. The number of amides is 1. The summed E-state index contributed by atoms with van der Waals surface area (Å²) in [5, 5.41) is 2.57. The van der Waals surface area contributed by atoms with Crippen molar-refractivity contribution in [3.05, 3.63) is 54.1 Å². The summed E-state index contributed by atoms with van der Waals surface area (Å²) in [5.41, 5.74) is 0.795. The maximum Gasteiger partial charge on any atom is 0.387 e. The molecule has 1 amide bonds. The number of esters is 1. The minimum atomic E-state index is -3.56. The standard InChI is InChI=1S/C24H26F2N2O7S/c1-16(34-22(29)12-6-17-5-11-20(35-24(25)26)21(15-17)33-2)23(30)27-18-7-9-19(10-8-18)36(31,32)28-13-3-4-14-28/h5-12,15-16,24H,3-4,13-14H2,1-2H3,(H,27,30). The molecular formula is C24H26F2N2O7S. The van der Waals surface area contributed by atoms with Gasteiger partial charge in [-0.2, -0.15) is 13.1 Å². The molecule has 1 heterocycles. The van der Waals surface area contributed by atoms with Crippen molar-refractivity contribution in [3.8, 4) is 11.5 Å². The molecule has 0 aromatic heterocycles. The lowest BCUT2D eigenvalue weighted by Gasteiger charge is -2.16. The van der Waals surface area contributed by atoms with Crippen LogP contribution in [-0.2, 0) is 24.3 Å². The van der Waals surface area contributed by atoms with Crippen LogP contribution in [0.2, 0.25) is 0 Å². The molecule has 1 aliphatic heterocycles. The van der Waals surface area contributed by atoms with Crippen molar-refractivity contribution in [3.63, 3.8) is 0 Å². The summed E-state index contributed by atoms with van der Waals surface area (Å²) in [6.45, 7) is -0.648. The Bertz CT molecular complexity index is 1210. The van der Waals surface area contributed by atoms with Gasteiger partial charge < -0.3 is 19.5 Å². The van der Waals surface area contributed by atoms with Gasteiger partial charge in [-0.05, 0) is 67.8 Å². The first-order chi connectivity index (χ1) is 17.1. The summed E-state index contributed by atoms with van der Waals surface area (Å²) in [5.74, 6) is -1.52. The average Bonchev–Trinajstić information content (AvgIpc) is 3.39. The lowest BCUT2D eigenvalue weighted by molar-refractivity contribution is -0.148. The van der Waals surface area contributed by atoms with Gasteiger partial charge in [0.1, 0.15) is 0 Å². The molecule has 1 N–H and O–H groups in total. The third kappa shape index (κ3) is 7.01. The van der Waals surface area contributed by atoms with Gasteiger partial charge >= 0.3 is 12.6 Å². The Morgan fingerprint density at radius 1 is 1.06 bits per heavy atom. The van der Waals surface area contributed by atoms with E-state index in [1.54, 1.807) is 0 Å². The molecule has 3 rings (SSSR count). The van der Waals surface area contributed by atoms with E-state index in [4.69, 9.17) is 9.47 Å². The number of carbonyl (C=O) groups excluding carboxylic acids is 2. The summed E-state index contributed by atoms with van der Waals surface area (Å²) in [4.78, 5) is 24.6. The molecule has 194 valence electrons. The number of alkyl halides is 2. The van der Waals surface area contributed by atoms with Crippen molar-refractivity contribution < 1.29 is 41.0 Å². The fraction of sp³-hybridized carbons (Fsp3) is 0.333. The Labute approximate surface area is 207 Å². The Morgan fingerprint density at radius 2 is 1.72 bits per heavy atom. The molecule has 36 heavy (non-hydrogen) atoms. The van der Waals surface area contributed by atoms with Gasteiger partial charge in [0, 0.05) is 24.9 Å². The Kier molecular flexibility index (Phi) is 8.99. The highest BCUT2D eigenvalue weighted by Gasteiger charge is 2.27. The third-order valence-electron chi connectivity index (χ3n) is 5.30. The molecular weight excluding hydrogens is 498 g/mol. The minimum Gasteiger partial charge on any atom is -0.493 e. The van der Waals surface area contributed by atoms with Gasteiger partial charge in [0.2, 0.25) is 10.0 Å². The number of hydrogen-bond acceptors (Lipinski definition) is 7. The molecule has 12 heteroatoms. The molecule has 1 atom stereocenters. The normalized spacial score (nSPS) is 15.1. The van der Waals surface area contributed by atoms with E-state index in [0.717, 1.165) is 18.9 Å². The Hall–Kier alpha value is -3.51. The zero-order valence-electron chi connectivity index (χ0n) is 19.6. The van der Waals surface area contributed by atoms with E-state index >= 15 is 0 Å². The molecule has 1 aliphatic rings. The molecule has 9 nitrogen and oxygen atoms in total. The van der Waals surface area contributed by atoms with E-state index in [-0.39, 0.29) is 16.4 Å². The van der Waals surface area contributed by atoms with Gasteiger partial charge in [0.15, 0.2) is 17.6 Å². The number of anilines is 1. The van der Waals surface area contributed by atoms with Crippen LogP contribution in [0.3, 0.4) is 0 Å². The second-order valence-corrected chi connectivity index (χ2v) is 9.76. The summed E-state index contributed by atoms with van der Waals surface area (Å²) in [6.07, 6.45) is 2.95. The first-order valence-electron chi connectivity index (χ1n) is 11.0. The van der Waals surface area contributed by atoms with Crippen molar-refractivity contribution in [1.29, 1.82) is 0 Å². The molecule has 2 aromatic carbocycles. The smallest absolute Gasteiger partial charge is 0.387 e. The summed E-state index contributed by atoms with van der Waals surface area (Å²) >= 11 is 0. The molecule has 0 radical (unpaired) electrons. The number of benzene rings is 2. The molecule has 1 unspecified atom stereocenters. The van der Waals surface area contributed by atoms with Crippen LogP contribution in [0.5, 0.6) is 11.5 Å². The number of rotatable bonds is 10. The van der Waals surface area contributed by atoms with E-state index in [1.807, 2.05) is 0 Å². The van der Waals surface area contributed by atoms with E-state index < -0.39 is 34.6 Å². The lowest BCUT2D eigenvalue weighted by Crippen LogP contribution is -2.29. The van der Waals surface area contributed by atoms with Crippen LogP contribution >= 0.6 is 0 Å². The van der Waals surface area contributed by atoms with Crippen LogP contribution < -0.4 is 14.8 Å². The van der Waals surface area contributed by atoms with Crippen LogP contribution in [0, 0.1) is 0 Å². The number of hydrogen-bond donors (Lipinski definition) is 1. The van der Waals surface area contributed by atoms with Crippen LogP contribution in [0.15, 0.2) is 53.4 Å². The second-order valence-electron chi connectivity index (χ2n) is 7.83. The highest BCUT2D eigenvalue weighted by Crippen LogP contribution is 2.30. The molecule has 1 fully saturated rings. The largest absolute Gasteiger partial charge is 0.493 e. The maximum atomic E-state index is 12.6. The molecule has 1 saturated heterocycles. The number of sulfonamides is 1. The Morgan fingerprint density at radius 3 is 2.33 bits per heavy atom. The molecule has 0 saturated carbocycles. The monoisotopic (exact) mass is 524 g/mol. The van der Waals surface area contributed by atoms with Crippen LogP contribution in [0.25, 0.3) is 6.08 Å². The zero-order valence-corrected chi connectivity index (χ0v) is 20.5. The van der Waals surface area contributed by atoms with Gasteiger partial charge in [0.05, 0.1) is 12.0 Å². The van der Waals surface area contributed by atoms with E-state index in [0.29, 0.717) is 24.3 Å². The number of halogens is 2. The molecule has 2 aromatic rings. The van der Waals surface area contributed by atoms with Crippen molar-refractivity contribution in [1.82, 2.24) is 4.31 Å². The van der Waals surface area contributed by atoms with Crippen molar-refractivity contribution in [2.24, 2.45) is 0 Å². The summed E-state index contributed by atoms with van der Waals surface area (Å²) < 4.78 is 65.9. The second kappa shape index (κ2) is 12.0. The number of methoxy groups -OCH3 is 1. The first kappa shape index (κ1) is 27.1. The minimum absolute atomic E-state index is 0.0535. The van der Waals surface area contributed by atoms with Gasteiger partial charge in [-0.15, -0.1) is 0 Å². The van der Waals surface area contributed by atoms with Crippen LogP contribution in [0.1, 0.15) is 25.3 Å². The lowest BCUT2D eigenvalue weighted by atomic mass is 10.2. The maximum absolute atomic E-state index is 12.6. The average molecular weight is 525 g/mol. The topological polar surface area (TPSA) is 111 Å². The van der Waals surface area contributed by atoms with Crippen LogP contribution in [-0.4, -0.2) is 57.5 Å². The molecule has 0 bridgehead atoms. The van der Waals surface area contributed by atoms with Gasteiger partial charge in [-0.1, -0.05) is 6.07 Å². The van der Waals surface area contributed by atoms with E-state index in [2.05, 4.69) is 10.1 Å². The van der Waals surface area contributed by atoms with Crippen molar-refractivity contribution in [2.45, 2.75) is 37.4 Å². The fourth-order valence-corrected chi connectivity index (χ4v) is 4.96. The SMILES string of the molecule is COc1cc(C=CC(=O)OC(C)C(=O)Nc2ccc(S(=O)(=O)N3CCCC3)cc2)ccc1OC(F)F. The predicted molar refractivity (Wildman–Crippen MR) is 127 cm³/mol. The van der Waals surface area contributed by atoms with E-state index in [1.165, 1.54) is 66.9 Å². The zero-order chi connectivity index (χ0) is 26.3. The predicted octanol–water partition coefficient (Wildman–Crippen LogP) is 3.66. The highest BCUT2D eigenvalue weighted by molar-refractivity contribution is 7.89. The number of carbonyl (C=O) groups is 2. The van der Waals surface area contributed by atoms with Crippen LogP contribution in [0.4, 0.5) is 14.5 Å². The Balaban J connectivity index is 1.55. The van der Waals surface area contributed by atoms with Gasteiger partial charge in [-0.25, -0.2) is 13.2 Å². The van der Waals surface area contributed by atoms with E-state index in [9.17, 15) is 26.8 Å². The fourth-order valence-electron chi connectivity index (χ4n) is 3.44. The first-order valence-corrected chi connectivity index (χ1v) is 12.5. The van der Waals surface area contributed by atoms with Gasteiger partial charge in [-0.3, -0.25) is 4.79 Å².